The monoisotopic (exact) mass is 634 g/mol. The van der Waals surface area contributed by atoms with Crippen LogP contribution >= 0.6 is 0 Å². The Morgan fingerprint density at radius 2 is 1.00 bits per heavy atom. The summed E-state index contributed by atoms with van der Waals surface area (Å²) in [7, 11) is -3.74. The molecule has 3 aliphatic rings. The van der Waals surface area contributed by atoms with Crippen molar-refractivity contribution >= 4 is 38.3 Å². The van der Waals surface area contributed by atoms with Gasteiger partial charge in [-0.25, -0.2) is 8.42 Å². The molecule has 0 spiro atoms. The molecule has 0 amide bonds. The minimum Gasteiger partial charge on any atom is -0.334 e. The Bertz CT molecular complexity index is 2130. The van der Waals surface area contributed by atoms with Crippen molar-refractivity contribution in [2.75, 3.05) is 9.80 Å². The SMILES string of the molecule is CC1(C)c2ccccc2N(c2ccc(S(=O)(=O)c3ccc(N4c5ccccc5C(C)(C)C5C=CC=CC54)cc3)cc2)c2ccccc21. The summed E-state index contributed by atoms with van der Waals surface area (Å²) in [5, 5.41) is 0. The van der Waals surface area contributed by atoms with Gasteiger partial charge in [0.1, 0.15) is 0 Å². The van der Waals surface area contributed by atoms with E-state index in [0.717, 1.165) is 28.4 Å². The van der Waals surface area contributed by atoms with E-state index in [1.807, 2.05) is 24.3 Å². The summed E-state index contributed by atoms with van der Waals surface area (Å²) >= 11 is 0. The Morgan fingerprint density at radius 1 is 0.532 bits per heavy atom. The second-order valence-corrected chi connectivity index (χ2v) is 15.8. The average molecular weight is 635 g/mol. The Balaban J connectivity index is 1.13. The number of hydrogen-bond donors (Lipinski definition) is 0. The first-order valence-electron chi connectivity index (χ1n) is 16.3. The lowest BCUT2D eigenvalue weighted by Crippen LogP contribution is -2.49. The summed E-state index contributed by atoms with van der Waals surface area (Å²) < 4.78 is 27.9. The van der Waals surface area contributed by atoms with E-state index < -0.39 is 9.84 Å². The maximum absolute atomic E-state index is 14.0. The van der Waals surface area contributed by atoms with Gasteiger partial charge in [-0.2, -0.15) is 0 Å². The minimum absolute atomic E-state index is 0.0387. The summed E-state index contributed by atoms with van der Waals surface area (Å²) in [6.45, 7) is 9.15. The fraction of sp³-hybridized carbons (Fsp3) is 0.190. The van der Waals surface area contributed by atoms with Crippen LogP contribution in [0.1, 0.15) is 44.4 Å². The van der Waals surface area contributed by atoms with Crippen LogP contribution < -0.4 is 9.80 Å². The molecule has 5 aromatic carbocycles. The second-order valence-electron chi connectivity index (χ2n) is 13.9. The highest BCUT2D eigenvalue weighted by Gasteiger charge is 2.45. The van der Waals surface area contributed by atoms with Gasteiger partial charge < -0.3 is 9.80 Å². The molecule has 0 aromatic heterocycles. The summed E-state index contributed by atoms with van der Waals surface area (Å²) in [6.07, 6.45) is 8.81. The zero-order valence-electron chi connectivity index (χ0n) is 27.1. The Morgan fingerprint density at radius 3 is 1.57 bits per heavy atom. The lowest BCUT2D eigenvalue weighted by Gasteiger charge is -2.50. The fourth-order valence-corrected chi connectivity index (χ4v) is 9.29. The average Bonchev–Trinajstić information content (AvgIpc) is 3.09. The van der Waals surface area contributed by atoms with Crippen LogP contribution in [0.25, 0.3) is 0 Å². The number of sulfone groups is 1. The highest BCUT2D eigenvalue weighted by molar-refractivity contribution is 7.91. The smallest absolute Gasteiger partial charge is 0.206 e. The predicted octanol–water partition coefficient (Wildman–Crippen LogP) is 10.2. The van der Waals surface area contributed by atoms with Gasteiger partial charge >= 0.3 is 0 Å². The van der Waals surface area contributed by atoms with Crippen LogP contribution in [-0.4, -0.2) is 14.5 Å². The summed E-state index contributed by atoms with van der Waals surface area (Å²) in [5.74, 6) is 0.286. The van der Waals surface area contributed by atoms with Gasteiger partial charge in [0.15, 0.2) is 0 Å². The highest BCUT2D eigenvalue weighted by Crippen LogP contribution is 2.52. The van der Waals surface area contributed by atoms with E-state index in [1.54, 1.807) is 24.3 Å². The van der Waals surface area contributed by atoms with E-state index in [-0.39, 0.29) is 32.6 Å². The van der Waals surface area contributed by atoms with E-state index in [4.69, 9.17) is 0 Å². The molecule has 5 heteroatoms. The lowest BCUT2D eigenvalue weighted by atomic mass is 9.65. The van der Waals surface area contributed by atoms with Crippen molar-refractivity contribution in [2.45, 2.75) is 54.4 Å². The Labute approximate surface area is 278 Å². The predicted molar refractivity (Wildman–Crippen MR) is 192 cm³/mol. The van der Waals surface area contributed by atoms with Crippen LogP contribution in [0.3, 0.4) is 0 Å². The zero-order chi connectivity index (χ0) is 32.6. The number of allylic oxidation sites excluding steroid dienone is 2. The molecule has 2 heterocycles. The third-order valence-corrected chi connectivity index (χ3v) is 12.3. The molecule has 47 heavy (non-hydrogen) atoms. The number of fused-ring (bicyclic) bond motifs is 4. The molecule has 0 bridgehead atoms. The van der Waals surface area contributed by atoms with Crippen LogP contribution in [0.15, 0.2) is 155 Å². The largest absolute Gasteiger partial charge is 0.334 e. The number of para-hydroxylation sites is 3. The number of benzene rings is 5. The number of rotatable bonds is 4. The first kappa shape index (κ1) is 29.5. The second kappa shape index (κ2) is 10.6. The zero-order valence-corrected chi connectivity index (χ0v) is 27.9. The molecule has 5 aromatic rings. The highest BCUT2D eigenvalue weighted by atomic mass is 32.2. The molecule has 234 valence electrons. The molecule has 1 aliphatic carbocycles. The van der Waals surface area contributed by atoms with E-state index >= 15 is 0 Å². The standard InChI is InChI=1S/C42H38N2O2S/c1-41(2)33-13-5-9-17-37(33)43(38-18-10-6-14-34(38)41)29-21-25-31(26-22-29)47(45,46)32-27-23-30(24-28-32)44-39-19-11-7-15-35(39)42(3,4)36-16-8-12-20-40(36)44/h5-28,33,37H,1-4H3. The number of nitrogens with zero attached hydrogens (tertiary/aromatic N) is 2. The molecule has 2 unspecified atom stereocenters. The van der Waals surface area contributed by atoms with Crippen molar-refractivity contribution in [3.63, 3.8) is 0 Å². The molecule has 0 radical (unpaired) electrons. The maximum Gasteiger partial charge on any atom is 0.206 e. The molecule has 0 fully saturated rings. The van der Waals surface area contributed by atoms with Gasteiger partial charge in [0, 0.05) is 33.8 Å². The van der Waals surface area contributed by atoms with E-state index in [0.29, 0.717) is 0 Å². The number of anilines is 5. The third-order valence-electron chi connectivity index (χ3n) is 10.6. The molecule has 4 nitrogen and oxygen atoms in total. The molecule has 8 rings (SSSR count). The van der Waals surface area contributed by atoms with Crippen molar-refractivity contribution in [2.24, 2.45) is 5.92 Å². The Kier molecular flexibility index (Phi) is 6.65. The molecule has 0 saturated heterocycles. The molecule has 0 N–H and O–H groups in total. The lowest BCUT2D eigenvalue weighted by molar-refractivity contribution is 0.332. The Hall–Kier alpha value is -4.87. The van der Waals surface area contributed by atoms with Crippen LogP contribution in [-0.2, 0) is 20.7 Å². The third kappa shape index (κ3) is 4.44. The van der Waals surface area contributed by atoms with Gasteiger partial charge in [-0.05, 0) is 83.4 Å². The maximum atomic E-state index is 14.0. The molecule has 0 saturated carbocycles. The van der Waals surface area contributed by atoms with Crippen molar-refractivity contribution in [3.8, 4) is 0 Å². The van der Waals surface area contributed by atoms with Gasteiger partial charge in [-0.3, -0.25) is 0 Å². The topological polar surface area (TPSA) is 40.6 Å². The van der Waals surface area contributed by atoms with Gasteiger partial charge in [-0.15, -0.1) is 0 Å². The van der Waals surface area contributed by atoms with Gasteiger partial charge in [0.2, 0.25) is 9.84 Å². The number of hydrogen-bond acceptors (Lipinski definition) is 4. The van der Waals surface area contributed by atoms with E-state index in [2.05, 4.69) is 135 Å². The van der Waals surface area contributed by atoms with Gasteiger partial charge in [-0.1, -0.05) is 107 Å². The summed E-state index contributed by atoms with van der Waals surface area (Å²) in [6, 6.07) is 40.3. The first-order chi connectivity index (χ1) is 22.6. The van der Waals surface area contributed by atoms with Crippen LogP contribution in [0.5, 0.6) is 0 Å². The molecular weight excluding hydrogens is 597 g/mol. The van der Waals surface area contributed by atoms with Crippen LogP contribution in [0, 0.1) is 5.92 Å². The van der Waals surface area contributed by atoms with E-state index in [1.165, 1.54) is 16.7 Å². The fourth-order valence-electron chi connectivity index (χ4n) is 8.03. The minimum atomic E-state index is -3.74. The van der Waals surface area contributed by atoms with Crippen LogP contribution in [0.2, 0.25) is 0 Å². The van der Waals surface area contributed by atoms with Gasteiger partial charge in [0.25, 0.3) is 0 Å². The summed E-state index contributed by atoms with van der Waals surface area (Å²) in [4.78, 5) is 5.15. The summed E-state index contributed by atoms with van der Waals surface area (Å²) in [5.41, 5.74) is 8.84. The van der Waals surface area contributed by atoms with Crippen molar-refractivity contribution in [3.05, 3.63) is 162 Å². The first-order valence-corrected chi connectivity index (χ1v) is 17.8. The van der Waals surface area contributed by atoms with E-state index in [9.17, 15) is 8.42 Å². The van der Waals surface area contributed by atoms with Crippen LogP contribution in [0.4, 0.5) is 28.4 Å². The normalized spacial score (nSPS) is 20.2. The van der Waals surface area contributed by atoms with Crippen molar-refractivity contribution in [1.82, 2.24) is 0 Å². The quantitative estimate of drug-likeness (QED) is 0.197. The molecule has 2 aliphatic heterocycles. The van der Waals surface area contributed by atoms with Crippen molar-refractivity contribution in [1.29, 1.82) is 0 Å². The van der Waals surface area contributed by atoms with Crippen molar-refractivity contribution < 1.29 is 8.42 Å². The van der Waals surface area contributed by atoms with Gasteiger partial charge in [0.05, 0.1) is 27.2 Å². The molecular formula is C42H38N2O2S. The molecule has 2 atom stereocenters.